The Balaban J connectivity index is 1.19. The Bertz CT molecular complexity index is 1800. The Hall–Kier alpha value is -2.30. The highest BCUT2D eigenvalue weighted by atomic mass is 16.8. The molecule has 0 aromatic rings. The predicted octanol–water partition coefficient (Wildman–Crippen LogP) is -14.8. The summed E-state index contributed by atoms with van der Waals surface area (Å²) >= 11 is 0. The fraction of sp³-hybridized carbons (Fsp3) is 0.952. The lowest BCUT2D eigenvalue weighted by Crippen LogP contribution is -2.70. The molecule has 77 heavy (non-hydrogen) atoms. The second kappa shape index (κ2) is 28.6. The molecule has 6 aliphatic heterocycles. The molecule has 6 heterocycles. The van der Waals surface area contributed by atoms with Crippen molar-refractivity contribution in [2.75, 3.05) is 52.9 Å². The first-order valence-electron chi connectivity index (χ1n) is 24.3. The van der Waals surface area contributed by atoms with Crippen LogP contribution in [-0.4, -0.2) is 352 Å². The van der Waals surface area contributed by atoms with Crippen LogP contribution in [0.2, 0.25) is 0 Å². The minimum atomic E-state index is -2.27. The summed E-state index contributed by atoms with van der Waals surface area (Å²) in [5, 5.41) is 208. The van der Waals surface area contributed by atoms with Gasteiger partial charge >= 0.3 is 0 Å². The molecule has 0 aliphatic carbocycles. The minimum Gasteiger partial charge on any atom is -0.394 e. The van der Waals surface area contributed by atoms with E-state index in [4.69, 9.17) is 56.8 Å². The van der Waals surface area contributed by atoms with Crippen molar-refractivity contribution in [2.24, 2.45) is 0 Å². The van der Waals surface area contributed by atoms with Crippen molar-refractivity contribution in [3.05, 3.63) is 0 Å². The van der Waals surface area contributed by atoms with Crippen molar-refractivity contribution >= 4 is 12.3 Å². The van der Waals surface area contributed by atoms with Gasteiger partial charge in [-0.2, -0.15) is 0 Å². The van der Waals surface area contributed by atoms with Gasteiger partial charge in [-0.15, -0.1) is 0 Å². The van der Waals surface area contributed by atoms with Gasteiger partial charge in [0.2, 0.25) is 12.3 Å². The summed E-state index contributed by atoms with van der Waals surface area (Å²) in [4.78, 5) is 23.6. The van der Waals surface area contributed by atoms with E-state index in [1.807, 2.05) is 0 Å². The van der Waals surface area contributed by atoms with E-state index in [0.29, 0.717) is 0 Å². The van der Waals surface area contributed by atoms with E-state index < -0.39 is 249 Å². The van der Waals surface area contributed by atoms with Gasteiger partial charge in [0.05, 0.1) is 58.9 Å². The molecule has 35 heteroatoms. The summed E-state index contributed by atoms with van der Waals surface area (Å²) in [6.07, 6.45) is -55.7. The van der Waals surface area contributed by atoms with Crippen LogP contribution in [-0.2, 0) is 66.4 Å². The van der Waals surface area contributed by atoms with E-state index in [2.05, 4.69) is 10.6 Å². The third kappa shape index (κ3) is 14.1. The number of amides is 2. The lowest BCUT2D eigenvalue weighted by atomic mass is 9.94. The van der Waals surface area contributed by atoms with Crippen LogP contribution in [0, 0.1) is 0 Å². The third-order valence-electron chi connectivity index (χ3n) is 13.8. The SMILES string of the molecule is CC(=O)N[C@H]1[C@H](O[C@@H]2[C@H](O)[C@@H](O)[C@H](O[C@H]3[C@H](O)[C@@H](O)[C@H](OC[C@@H](CO)NC=O)O[C@@H]3CO)O[C@@H]2CO)O[C@H](CO)[C@H](O)[C@@H]1O[C@@H]1O[C@H](CO)[C@H](O)[C@H](O[C@H]2O[C@H](CO)[C@H](O)[C@H](O[C@H]3O[C@H](CO)[C@H](O)[C@H](O)[C@H]3O)[C@H]2O)[C@H]1O. The molecule has 35 nitrogen and oxygen atoms in total. The monoisotopic (exact) mass is 1130 g/mol. The van der Waals surface area contributed by atoms with Gasteiger partial charge < -0.3 is 164 Å². The molecule has 0 spiro atoms. The van der Waals surface area contributed by atoms with Gasteiger partial charge in [0.15, 0.2) is 37.7 Å². The maximum Gasteiger partial charge on any atom is 0.217 e. The number of nitrogens with one attached hydrogen (secondary N) is 2. The van der Waals surface area contributed by atoms with Crippen molar-refractivity contribution in [3.8, 4) is 0 Å². The summed E-state index contributed by atoms with van der Waals surface area (Å²) < 4.78 is 68.0. The number of rotatable bonds is 23. The van der Waals surface area contributed by atoms with Gasteiger partial charge in [-0.25, -0.2) is 0 Å². The summed E-state index contributed by atoms with van der Waals surface area (Å²) in [6.45, 7) is -5.96. The van der Waals surface area contributed by atoms with Crippen molar-refractivity contribution in [3.63, 3.8) is 0 Å². The lowest BCUT2D eigenvalue weighted by molar-refractivity contribution is -0.391. The maximum absolute atomic E-state index is 12.8. The van der Waals surface area contributed by atoms with E-state index in [0.717, 1.165) is 6.92 Å². The second-order valence-corrected chi connectivity index (χ2v) is 19.0. The molecular formula is C42H72N2O33. The average molecular weight is 1130 g/mol. The van der Waals surface area contributed by atoms with Gasteiger partial charge in [-0.05, 0) is 0 Å². The van der Waals surface area contributed by atoms with E-state index in [1.165, 1.54) is 0 Å². The molecule has 0 aromatic heterocycles. The number of ether oxygens (including phenoxy) is 12. The van der Waals surface area contributed by atoms with Crippen LogP contribution in [0.1, 0.15) is 6.92 Å². The normalized spacial score (nSPS) is 48.2. The highest BCUT2D eigenvalue weighted by Crippen LogP contribution is 2.37. The first kappa shape index (κ1) is 63.9. The zero-order valence-corrected chi connectivity index (χ0v) is 40.8. The smallest absolute Gasteiger partial charge is 0.217 e. The van der Waals surface area contributed by atoms with Crippen molar-refractivity contribution in [1.82, 2.24) is 10.6 Å². The number of hydrogen-bond acceptors (Lipinski definition) is 33. The summed E-state index contributed by atoms with van der Waals surface area (Å²) in [5.41, 5.74) is 0. The molecule has 0 radical (unpaired) electrons. The van der Waals surface area contributed by atoms with Crippen LogP contribution < -0.4 is 10.6 Å². The van der Waals surface area contributed by atoms with E-state index >= 15 is 0 Å². The molecule has 21 N–H and O–H groups in total. The van der Waals surface area contributed by atoms with E-state index in [1.54, 1.807) is 0 Å². The van der Waals surface area contributed by atoms with E-state index in [-0.39, 0.29) is 6.41 Å². The van der Waals surface area contributed by atoms with Crippen LogP contribution >= 0.6 is 0 Å². The fourth-order valence-corrected chi connectivity index (χ4v) is 9.49. The quantitative estimate of drug-likeness (QED) is 0.0423. The number of aliphatic hydroxyl groups excluding tert-OH is 19. The molecule has 6 aliphatic rings. The molecule has 31 atom stereocenters. The molecule has 6 saturated heterocycles. The number of carbonyl (C=O) groups excluding carboxylic acids is 2. The number of carbonyl (C=O) groups is 2. The van der Waals surface area contributed by atoms with Crippen molar-refractivity contribution in [1.29, 1.82) is 0 Å². The summed E-state index contributed by atoms with van der Waals surface area (Å²) in [7, 11) is 0. The first-order valence-corrected chi connectivity index (χ1v) is 24.3. The fourth-order valence-electron chi connectivity index (χ4n) is 9.49. The molecule has 448 valence electrons. The molecule has 0 aromatic carbocycles. The van der Waals surface area contributed by atoms with Gasteiger partial charge in [-0.3, -0.25) is 9.59 Å². The molecular weight excluding hydrogens is 1060 g/mol. The van der Waals surface area contributed by atoms with Crippen LogP contribution in [0.25, 0.3) is 0 Å². The highest BCUT2D eigenvalue weighted by Gasteiger charge is 2.58. The number of hydrogen-bond donors (Lipinski definition) is 21. The van der Waals surface area contributed by atoms with Crippen molar-refractivity contribution in [2.45, 2.75) is 197 Å². The van der Waals surface area contributed by atoms with Gasteiger partial charge in [0, 0.05) is 6.92 Å². The Kier molecular flexibility index (Phi) is 23.7. The molecule has 0 unspecified atom stereocenters. The van der Waals surface area contributed by atoms with Gasteiger partial charge in [-0.1, -0.05) is 0 Å². The van der Waals surface area contributed by atoms with Gasteiger partial charge in [0.1, 0.15) is 146 Å². The summed E-state index contributed by atoms with van der Waals surface area (Å²) in [5.74, 6) is -0.880. The van der Waals surface area contributed by atoms with Gasteiger partial charge in [0.25, 0.3) is 0 Å². The largest absolute Gasteiger partial charge is 0.394 e. The lowest BCUT2D eigenvalue weighted by Gasteiger charge is -2.50. The van der Waals surface area contributed by atoms with Crippen molar-refractivity contribution < 1.29 is 163 Å². The summed E-state index contributed by atoms with van der Waals surface area (Å²) in [6, 6.07) is -2.75. The van der Waals surface area contributed by atoms with E-state index in [9.17, 15) is 107 Å². The van der Waals surface area contributed by atoms with Crippen LogP contribution in [0.3, 0.4) is 0 Å². The first-order chi connectivity index (χ1) is 36.6. The molecule has 6 fully saturated rings. The molecule has 2 amide bonds. The zero-order valence-electron chi connectivity index (χ0n) is 40.8. The minimum absolute atomic E-state index is 0.277. The van der Waals surface area contributed by atoms with Crippen LogP contribution in [0.5, 0.6) is 0 Å². The molecule has 0 saturated carbocycles. The standard InChI is InChI=1S/C42H72N2O33/c1-11(53)44-19-34(75-41-30(64)36(23(57)15(5-48)69-41)77-42-31(65)35(22(56)16(6-49)70-42)76-39-27(61)24(58)20(54)13(3-46)68-39)21(55)14(4-47)67-37(19)73-32-18(8-51)72-40(29(63)26(32)60)74-33-17(7-50)71-38(28(62)25(33)59)66-9-12(2-45)43-10-52/h10,12-42,45-51,54-65H,2-9H2,1H3,(H,43,52)(H,44,53)/t12-,13-,14-,15-,16-,17-,18-,19-,20+,21+,22+,23+,24+,25-,26-,27-,28-,29-,30-,31-,32+,33-,34-,35+,36+,37+,38-,39-,40+,41+,42-/m1/s1. The zero-order chi connectivity index (χ0) is 56.7. The number of aliphatic hydroxyl groups is 19. The Morgan fingerprint density at radius 2 is 0.753 bits per heavy atom. The predicted molar refractivity (Wildman–Crippen MR) is 235 cm³/mol. The second-order valence-electron chi connectivity index (χ2n) is 19.0. The maximum atomic E-state index is 12.8. The molecule has 6 rings (SSSR count). The Morgan fingerprint density at radius 3 is 1.18 bits per heavy atom. The average Bonchev–Trinajstić information content (AvgIpc) is 3.42. The third-order valence-corrected chi connectivity index (χ3v) is 13.8. The van der Waals surface area contributed by atoms with Crippen LogP contribution in [0.15, 0.2) is 0 Å². The van der Waals surface area contributed by atoms with Crippen LogP contribution in [0.4, 0.5) is 0 Å². The topological polar surface area (TPSA) is 553 Å². The molecule has 0 bridgehead atoms. The Labute approximate surface area is 436 Å². The highest BCUT2D eigenvalue weighted by molar-refractivity contribution is 5.73. The Morgan fingerprint density at radius 1 is 0.416 bits per heavy atom.